The molecule has 2 unspecified atom stereocenters. The van der Waals surface area contributed by atoms with Gasteiger partial charge < -0.3 is 9.84 Å². The number of aliphatic hydroxyl groups excluding tert-OH is 1. The predicted molar refractivity (Wildman–Crippen MR) is 71.2 cm³/mol. The maximum absolute atomic E-state index is 10.3. The van der Waals surface area contributed by atoms with Crippen LogP contribution in [0.5, 0.6) is 0 Å². The fraction of sp³-hybridized carbons (Fsp3) is 0.600. The molecule has 0 spiro atoms. The smallest absolute Gasteiger partial charge is 0.0912 e. The molecule has 0 radical (unpaired) electrons. The van der Waals surface area contributed by atoms with Gasteiger partial charge in [-0.05, 0) is 32.8 Å². The monoisotopic (exact) mass is 236 g/mol. The molecule has 1 aromatic carbocycles. The number of benzene rings is 1. The van der Waals surface area contributed by atoms with Crippen molar-refractivity contribution in [2.24, 2.45) is 0 Å². The number of rotatable bonds is 6. The van der Waals surface area contributed by atoms with Crippen LogP contribution < -0.4 is 0 Å². The molecule has 2 nitrogen and oxygen atoms in total. The Morgan fingerprint density at radius 3 is 2.29 bits per heavy atom. The molecule has 0 saturated heterocycles. The second kappa shape index (κ2) is 6.18. The molecule has 96 valence electrons. The van der Waals surface area contributed by atoms with E-state index >= 15 is 0 Å². The van der Waals surface area contributed by atoms with Crippen LogP contribution in [0.4, 0.5) is 0 Å². The highest BCUT2D eigenvalue weighted by Gasteiger charge is 2.31. The molecule has 0 bridgehead atoms. The summed E-state index contributed by atoms with van der Waals surface area (Å²) in [5, 5.41) is 10.3. The summed E-state index contributed by atoms with van der Waals surface area (Å²) in [4.78, 5) is 0. The van der Waals surface area contributed by atoms with Crippen LogP contribution in [0.1, 0.15) is 38.3 Å². The summed E-state index contributed by atoms with van der Waals surface area (Å²) in [6.07, 6.45) is 0.994. The van der Waals surface area contributed by atoms with Gasteiger partial charge >= 0.3 is 0 Å². The minimum absolute atomic E-state index is 0.445. The van der Waals surface area contributed by atoms with E-state index in [0.717, 1.165) is 12.0 Å². The van der Waals surface area contributed by atoms with E-state index in [9.17, 15) is 5.11 Å². The standard InChI is InChI=1S/C15H24O2/c1-5-15(4,17-6-2)14(16)11-13-9-7-12(3)8-10-13/h7-10,14,16H,5-6,11H2,1-4H3. The molecule has 2 atom stereocenters. The first kappa shape index (κ1) is 14.2. The van der Waals surface area contributed by atoms with Gasteiger partial charge in [0.1, 0.15) is 0 Å². The van der Waals surface area contributed by atoms with Gasteiger partial charge in [0.2, 0.25) is 0 Å². The minimum atomic E-state index is -0.463. The van der Waals surface area contributed by atoms with Gasteiger partial charge in [-0.15, -0.1) is 0 Å². The highest BCUT2D eigenvalue weighted by molar-refractivity contribution is 5.22. The van der Waals surface area contributed by atoms with E-state index in [1.807, 2.05) is 20.8 Å². The van der Waals surface area contributed by atoms with E-state index in [0.29, 0.717) is 13.0 Å². The summed E-state index contributed by atoms with van der Waals surface area (Å²) >= 11 is 0. The van der Waals surface area contributed by atoms with Crippen molar-refractivity contribution in [3.05, 3.63) is 35.4 Å². The van der Waals surface area contributed by atoms with Gasteiger partial charge in [-0.2, -0.15) is 0 Å². The Hall–Kier alpha value is -0.860. The lowest BCUT2D eigenvalue weighted by Crippen LogP contribution is -2.42. The maximum atomic E-state index is 10.3. The van der Waals surface area contributed by atoms with Crippen molar-refractivity contribution in [1.82, 2.24) is 0 Å². The average molecular weight is 236 g/mol. The first-order valence-electron chi connectivity index (χ1n) is 6.39. The average Bonchev–Trinajstić information content (AvgIpc) is 2.32. The van der Waals surface area contributed by atoms with Crippen molar-refractivity contribution in [1.29, 1.82) is 0 Å². The van der Waals surface area contributed by atoms with Crippen molar-refractivity contribution in [3.8, 4) is 0 Å². The molecule has 0 aliphatic carbocycles. The van der Waals surface area contributed by atoms with E-state index in [4.69, 9.17) is 4.74 Å². The minimum Gasteiger partial charge on any atom is -0.390 e. The zero-order chi connectivity index (χ0) is 12.9. The van der Waals surface area contributed by atoms with E-state index in [1.165, 1.54) is 5.56 Å². The molecular formula is C15H24O2. The number of hydrogen-bond donors (Lipinski definition) is 1. The summed E-state index contributed by atoms with van der Waals surface area (Å²) in [5.41, 5.74) is 1.95. The van der Waals surface area contributed by atoms with Gasteiger partial charge in [-0.1, -0.05) is 36.8 Å². The Bertz CT molecular complexity index is 331. The number of aryl methyl sites for hydroxylation is 1. The van der Waals surface area contributed by atoms with Crippen molar-refractivity contribution < 1.29 is 9.84 Å². The third kappa shape index (κ3) is 3.83. The third-order valence-electron chi connectivity index (χ3n) is 3.43. The SMILES string of the molecule is CCOC(C)(CC)C(O)Cc1ccc(C)cc1. The Kier molecular flexibility index (Phi) is 5.16. The normalized spacial score (nSPS) is 16.5. The van der Waals surface area contributed by atoms with Crippen molar-refractivity contribution in [2.45, 2.75) is 52.2 Å². The maximum Gasteiger partial charge on any atom is 0.0912 e. The van der Waals surface area contributed by atoms with E-state index in [-0.39, 0.29) is 0 Å². The third-order valence-corrected chi connectivity index (χ3v) is 3.43. The van der Waals surface area contributed by atoms with Crippen LogP contribution in [0.25, 0.3) is 0 Å². The van der Waals surface area contributed by atoms with Gasteiger partial charge in [0.15, 0.2) is 0 Å². The fourth-order valence-corrected chi connectivity index (χ4v) is 1.93. The van der Waals surface area contributed by atoms with Crippen molar-refractivity contribution in [2.75, 3.05) is 6.61 Å². The molecule has 17 heavy (non-hydrogen) atoms. The highest BCUT2D eigenvalue weighted by atomic mass is 16.5. The van der Waals surface area contributed by atoms with Crippen LogP contribution in [0, 0.1) is 6.92 Å². The molecule has 1 rings (SSSR count). The number of hydrogen-bond acceptors (Lipinski definition) is 2. The van der Waals surface area contributed by atoms with Crippen LogP contribution in [0.3, 0.4) is 0 Å². The van der Waals surface area contributed by atoms with Gasteiger partial charge in [-0.3, -0.25) is 0 Å². The van der Waals surface area contributed by atoms with Gasteiger partial charge in [-0.25, -0.2) is 0 Å². The molecule has 0 saturated carbocycles. The second-order valence-corrected chi connectivity index (χ2v) is 4.80. The van der Waals surface area contributed by atoms with Crippen LogP contribution in [-0.4, -0.2) is 23.4 Å². The molecule has 2 heteroatoms. The van der Waals surface area contributed by atoms with Crippen molar-refractivity contribution >= 4 is 0 Å². The van der Waals surface area contributed by atoms with Crippen LogP contribution in [0.15, 0.2) is 24.3 Å². The number of ether oxygens (including phenoxy) is 1. The summed E-state index contributed by atoms with van der Waals surface area (Å²) in [7, 11) is 0. The summed E-state index contributed by atoms with van der Waals surface area (Å²) < 4.78 is 5.69. The first-order chi connectivity index (χ1) is 8.01. The van der Waals surface area contributed by atoms with Crippen molar-refractivity contribution in [3.63, 3.8) is 0 Å². The van der Waals surface area contributed by atoms with E-state index in [2.05, 4.69) is 31.2 Å². The molecule has 0 fully saturated rings. The lowest BCUT2D eigenvalue weighted by Gasteiger charge is -2.33. The fourth-order valence-electron chi connectivity index (χ4n) is 1.93. The Morgan fingerprint density at radius 1 is 1.24 bits per heavy atom. The van der Waals surface area contributed by atoms with E-state index in [1.54, 1.807) is 0 Å². The Morgan fingerprint density at radius 2 is 1.82 bits per heavy atom. The molecule has 1 N–H and O–H groups in total. The number of aliphatic hydroxyl groups is 1. The van der Waals surface area contributed by atoms with E-state index < -0.39 is 11.7 Å². The summed E-state index contributed by atoms with van der Waals surface area (Å²) in [5.74, 6) is 0. The largest absolute Gasteiger partial charge is 0.390 e. The van der Waals surface area contributed by atoms with Gasteiger partial charge in [0.05, 0.1) is 11.7 Å². The summed E-state index contributed by atoms with van der Waals surface area (Å²) in [6.45, 7) is 8.70. The Balaban J connectivity index is 2.69. The Labute approximate surface area is 105 Å². The zero-order valence-electron chi connectivity index (χ0n) is 11.4. The summed E-state index contributed by atoms with van der Waals surface area (Å²) in [6, 6.07) is 8.29. The topological polar surface area (TPSA) is 29.5 Å². The molecule has 1 aromatic rings. The van der Waals surface area contributed by atoms with Gasteiger partial charge in [0, 0.05) is 13.0 Å². The molecule has 0 aliphatic heterocycles. The second-order valence-electron chi connectivity index (χ2n) is 4.80. The molecule has 0 heterocycles. The lowest BCUT2D eigenvalue weighted by atomic mass is 9.90. The quantitative estimate of drug-likeness (QED) is 0.822. The molecular weight excluding hydrogens is 212 g/mol. The molecule has 0 aromatic heterocycles. The first-order valence-corrected chi connectivity index (χ1v) is 6.39. The predicted octanol–water partition coefficient (Wildman–Crippen LogP) is 3.10. The molecule has 0 aliphatic rings. The lowest BCUT2D eigenvalue weighted by molar-refractivity contribution is -0.110. The highest BCUT2D eigenvalue weighted by Crippen LogP contribution is 2.23. The molecule has 0 amide bonds. The van der Waals surface area contributed by atoms with Crippen LogP contribution in [0.2, 0.25) is 0 Å². The van der Waals surface area contributed by atoms with Gasteiger partial charge in [0.25, 0.3) is 0 Å². The van der Waals surface area contributed by atoms with Crippen LogP contribution in [-0.2, 0) is 11.2 Å². The zero-order valence-corrected chi connectivity index (χ0v) is 11.4. The van der Waals surface area contributed by atoms with Crippen LogP contribution >= 0.6 is 0 Å².